The van der Waals surface area contributed by atoms with Gasteiger partial charge in [-0.25, -0.2) is 4.79 Å². The summed E-state index contributed by atoms with van der Waals surface area (Å²) in [5.74, 6) is 0.224. The molecule has 2 aliphatic heterocycles. The van der Waals surface area contributed by atoms with E-state index in [-0.39, 0.29) is 48.5 Å². The van der Waals surface area contributed by atoms with Gasteiger partial charge in [0.15, 0.2) is 6.29 Å². The molecular weight excluding hydrogens is 480 g/mol. The first-order valence-corrected chi connectivity index (χ1v) is 14.1. The predicted molar refractivity (Wildman–Crippen MR) is 130 cm³/mol. The molecule has 37 heavy (non-hydrogen) atoms. The van der Waals surface area contributed by atoms with Crippen molar-refractivity contribution < 1.29 is 44.5 Å². The number of cyclic esters (lactones) is 1. The number of hydrogen-bond donors (Lipinski definition) is 5. The largest absolute Gasteiger partial charge is 0.458 e. The SMILES string of the molecule is C[C@]12CC[C@H](OC3OC[C@@H](O)[C@@H](O)[C@H]3O)C[C@H]1CC[C@@H]1[C@@H]2C[C@@H](O)[C@]2(C)[C@@H](C3=CC(=O)OC3)CC[C@]12O. The van der Waals surface area contributed by atoms with Gasteiger partial charge in [-0.15, -0.1) is 0 Å². The molecule has 1 unspecified atom stereocenters. The second kappa shape index (κ2) is 8.98. The van der Waals surface area contributed by atoms with Gasteiger partial charge in [0.25, 0.3) is 0 Å². The predicted octanol–water partition coefficient (Wildman–Crippen LogP) is 1.04. The minimum atomic E-state index is -1.29. The van der Waals surface area contributed by atoms with Gasteiger partial charge in [-0.2, -0.15) is 0 Å². The Morgan fingerprint density at radius 2 is 1.76 bits per heavy atom. The molecule has 0 aromatic carbocycles. The fourth-order valence-electron chi connectivity index (χ4n) is 9.56. The maximum absolute atomic E-state index is 12.4. The number of fused-ring (bicyclic) bond motifs is 5. The van der Waals surface area contributed by atoms with Crippen LogP contribution in [-0.4, -0.2) is 87.1 Å². The van der Waals surface area contributed by atoms with Crippen LogP contribution in [0.2, 0.25) is 0 Å². The lowest BCUT2D eigenvalue weighted by molar-refractivity contribution is -0.292. The van der Waals surface area contributed by atoms with Crippen LogP contribution < -0.4 is 0 Å². The van der Waals surface area contributed by atoms with Crippen molar-refractivity contribution in [2.24, 2.45) is 34.5 Å². The summed E-state index contributed by atoms with van der Waals surface area (Å²) in [5.41, 5.74) is -0.850. The van der Waals surface area contributed by atoms with Crippen LogP contribution in [0.1, 0.15) is 65.2 Å². The van der Waals surface area contributed by atoms with Crippen molar-refractivity contribution >= 4 is 5.97 Å². The van der Waals surface area contributed by atoms with Crippen molar-refractivity contribution in [3.05, 3.63) is 11.6 Å². The lowest BCUT2D eigenvalue weighted by Gasteiger charge is -2.65. The number of hydrogen-bond acceptors (Lipinski definition) is 9. The number of carbonyl (C=O) groups is 1. The van der Waals surface area contributed by atoms with Crippen LogP contribution in [0.25, 0.3) is 0 Å². The summed E-state index contributed by atoms with van der Waals surface area (Å²) in [6.45, 7) is 4.52. The molecule has 1 saturated heterocycles. The van der Waals surface area contributed by atoms with E-state index >= 15 is 0 Å². The summed E-state index contributed by atoms with van der Waals surface area (Å²) < 4.78 is 16.8. The number of ether oxygens (including phenoxy) is 3. The summed E-state index contributed by atoms with van der Waals surface area (Å²) in [5, 5.41) is 54.1. The minimum absolute atomic E-state index is 0.0493. The second-order valence-electron chi connectivity index (χ2n) is 13.2. The summed E-state index contributed by atoms with van der Waals surface area (Å²) in [6, 6.07) is 0. The molecule has 0 bridgehead atoms. The highest BCUT2D eigenvalue weighted by Gasteiger charge is 2.70. The van der Waals surface area contributed by atoms with E-state index in [9.17, 15) is 30.3 Å². The van der Waals surface area contributed by atoms with Crippen LogP contribution in [-0.2, 0) is 19.0 Å². The van der Waals surface area contributed by atoms with Gasteiger partial charge in [0.05, 0.1) is 24.4 Å². The highest BCUT2D eigenvalue weighted by atomic mass is 16.7. The third kappa shape index (κ3) is 3.72. The Hall–Kier alpha value is -1.07. The number of aliphatic hydroxyl groups excluding tert-OH is 4. The molecule has 4 aliphatic carbocycles. The van der Waals surface area contributed by atoms with Crippen molar-refractivity contribution in [1.82, 2.24) is 0 Å². The number of aliphatic hydroxyl groups is 5. The fourth-order valence-corrected chi connectivity index (χ4v) is 9.56. The maximum atomic E-state index is 12.4. The number of esters is 1. The number of rotatable bonds is 3. The van der Waals surface area contributed by atoms with E-state index in [2.05, 4.69) is 6.92 Å². The van der Waals surface area contributed by atoms with Crippen LogP contribution in [0.15, 0.2) is 11.6 Å². The molecule has 0 radical (unpaired) electrons. The highest BCUT2D eigenvalue weighted by molar-refractivity contribution is 5.85. The van der Waals surface area contributed by atoms with E-state index in [1.54, 1.807) is 6.08 Å². The molecule has 6 aliphatic rings. The van der Waals surface area contributed by atoms with E-state index in [1.165, 1.54) is 0 Å². The van der Waals surface area contributed by atoms with Crippen LogP contribution in [0.5, 0.6) is 0 Å². The average Bonchev–Trinajstić information content (AvgIpc) is 3.41. The molecule has 5 N–H and O–H groups in total. The van der Waals surface area contributed by atoms with Gasteiger partial charge < -0.3 is 39.7 Å². The smallest absolute Gasteiger partial charge is 0.331 e. The normalized spacial score (nSPS) is 55.6. The first kappa shape index (κ1) is 26.2. The van der Waals surface area contributed by atoms with Crippen molar-refractivity contribution in [2.75, 3.05) is 13.2 Å². The van der Waals surface area contributed by atoms with Crippen LogP contribution in [0, 0.1) is 34.5 Å². The molecule has 0 amide bonds. The standard InChI is InChI=1S/C28H42O9/c1-26-7-5-16(37-25-24(33)23(32)20(29)13-36-25)10-15(26)3-4-18-19(26)11-21(30)27(2)17(6-8-28(18,27)34)14-9-22(31)35-12-14/h9,15-21,23-25,29-30,32-34H,3-8,10-13H2,1-2H3/t15-,16+,17-,18-,19+,20-,21-,23-,24-,25?,26+,27+,28+/m1/s1. The molecule has 9 heteroatoms. The highest BCUT2D eigenvalue weighted by Crippen LogP contribution is 2.70. The first-order chi connectivity index (χ1) is 17.5. The Labute approximate surface area is 217 Å². The Morgan fingerprint density at radius 1 is 0.973 bits per heavy atom. The summed E-state index contributed by atoms with van der Waals surface area (Å²) in [7, 11) is 0. The monoisotopic (exact) mass is 522 g/mol. The Kier molecular flexibility index (Phi) is 6.35. The zero-order valence-electron chi connectivity index (χ0n) is 21.8. The average molecular weight is 523 g/mol. The van der Waals surface area contributed by atoms with Gasteiger partial charge in [-0.3, -0.25) is 0 Å². The third-order valence-corrected chi connectivity index (χ3v) is 11.8. The van der Waals surface area contributed by atoms with Gasteiger partial charge in [0.1, 0.15) is 24.9 Å². The molecular formula is C28H42O9. The van der Waals surface area contributed by atoms with E-state index in [0.29, 0.717) is 18.8 Å². The van der Waals surface area contributed by atoms with Crippen molar-refractivity contribution in [3.63, 3.8) is 0 Å². The van der Waals surface area contributed by atoms with E-state index in [1.807, 2.05) is 6.92 Å². The molecule has 13 atom stereocenters. The summed E-state index contributed by atoms with van der Waals surface area (Å²) in [4.78, 5) is 11.8. The Morgan fingerprint density at radius 3 is 2.49 bits per heavy atom. The van der Waals surface area contributed by atoms with Gasteiger partial charge in [-0.05, 0) is 86.0 Å². The molecule has 0 aromatic heterocycles. The lowest BCUT2D eigenvalue weighted by atomic mass is 9.42. The quantitative estimate of drug-likeness (QED) is 0.271. The van der Waals surface area contributed by atoms with Crippen LogP contribution in [0.4, 0.5) is 0 Å². The topological polar surface area (TPSA) is 146 Å². The van der Waals surface area contributed by atoms with Crippen LogP contribution >= 0.6 is 0 Å². The second-order valence-corrected chi connectivity index (χ2v) is 13.2. The summed E-state index contributed by atoms with van der Waals surface area (Å²) in [6.07, 6.45) is 2.38. The first-order valence-electron chi connectivity index (χ1n) is 14.1. The van der Waals surface area contributed by atoms with Gasteiger partial charge in [0, 0.05) is 11.5 Å². The van der Waals surface area contributed by atoms with Crippen LogP contribution in [0.3, 0.4) is 0 Å². The zero-order chi connectivity index (χ0) is 26.3. The van der Waals surface area contributed by atoms with Gasteiger partial charge in [-0.1, -0.05) is 13.8 Å². The van der Waals surface area contributed by atoms with E-state index in [4.69, 9.17) is 14.2 Å². The molecule has 0 aromatic rings. The van der Waals surface area contributed by atoms with Crippen molar-refractivity contribution in [3.8, 4) is 0 Å². The molecule has 0 spiro atoms. The lowest BCUT2D eigenvalue weighted by Crippen LogP contribution is -2.67. The van der Waals surface area contributed by atoms with Gasteiger partial charge >= 0.3 is 5.97 Å². The molecule has 5 fully saturated rings. The van der Waals surface area contributed by atoms with Crippen molar-refractivity contribution in [2.45, 2.75) is 108 Å². The van der Waals surface area contributed by atoms with E-state index in [0.717, 1.165) is 44.1 Å². The summed E-state index contributed by atoms with van der Waals surface area (Å²) >= 11 is 0. The Bertz CT molecular complexity index is 954. The zero-order valence-corrected chi connectivity index (χ0v) is 21.8. The Balaban J connectivity index is 1.19. The molecule has 2 heterocycles. The molecule has 4 saturated carbocycles. The molecule has 208 valence electrons. The molecule has 6 rings (SSSR count). The van der Waals surface area contributed by atoms with Crippen molar-refractivity contribution in [1.29, 1.82) is 0 Å². The number of carbonyl (C=O) groups excluding carboxylic acids is 1. The maximum Gasteiger partial charge on any atom is 0.331 e. The third-order valence-electron chi connectivity index (χ3n) is 11.8. The minimum Gasteiger partial charge on any atom is -0.458 e. The van der Waals surface area contributed by atoms with E-state index < -0.39 is 41.7 Å². The fraction of sp³-hybridized carbons (Fsp3) is 0.893. The molecule has 9 nitrogen and oxygen atoms in total. The van der Waals surface area contributed by atoms with Gasteiger partial charge in [0.2, 0.25) is 0 Å².